The van der Waals surface area contributed by atoms with Crippen molar-refractivity contribution in [2.75, 3.05) is 119 Å². The van der Waals surface area contributed by atoms with Crippen LogP contribution in [-0.4, -0.2) is 166 Å². The lowest BCUT2D eigenvalue weighted by Gasteiger charge is -2.14. The maximum absolute atomic E-state index is 12.1. The first-order valence-corrected chi connectivity index (χ1v) is 17.4. The van der Waals surface area contributed by atoms with Gasteiger partial charge in [0.1, 0.15) is 25.9 Å². The molecule has 0 aliphatic rings. The molecule has 51 heavy (non-hydrogen) atoms. The predicted molar refractivity (Wildman–Crippen MR) is 184 cm³/mol. The van der Waals surface area contributed by atoms with Gasteiger partial charge in [-0.25, -0.2) is 4.79 Å². The van der Waals surface area contributed by atoms with Crippen LogP contribution in [0.5, 0.6) is 0 Å². The molecule has 0 unspecified atom stereocenters. The molecule has 0 radical (unpaired) electrons. The average molecular weight is 737 g/mol. The highest BCUT2D eigenvalue weighted by Gasteiger charge is 2.21. The fourth-order valence-corrected chi connectivity index (χ4v) is 3.78. The Hall–Kier alpha value is -3.46. The van der Waals surface area contributed by atoms with E-state index >= 15 is 0 Å². The van der Waals surface area contributed by atoms with Crippen LogP contribution in [0.4, 0.5) is 0 Å². The number of rotatable bonds is 36. The number of carboxylic acids is 1. The summed E-state index contributed by atoms with van der Waals surface area (Å²) >= 11 is 0. The summed E-state index contributed by atoms with van der Waals surface area (Å²) in [5.41, 5.74) is 0. The Balaban J connectivity index is 3.69. The molecule has 0 fully saturated rings. The molecule has 1 atom stereocenters. The van der Waals surface area contributed by atoms with Crippen molar-refractivity contribution in [3.05, 3.63) is 0 Å². The Morgan fingerprint density at radius 1 is 0.510 bits per heavy atom. The first-order valence-electron chi connectivity index (χ1n) is 17.4. The third-order valence-electron chi connectivity index (χ3n) is 6.50. The van der Waals surface area contributed by atoms with Crippen LogP contribution in [0.1, 0.15) is 45.4 Å². The summed E-state index contributed by atoms with van der Waals surface area (Å²) in [6, 6.07) is -1.26. The second-order valence-corrected chi connectivity index (χ2v) is 11.0. The topological polar surface area (TPSA) is 250 Å². The quantitative estimate of drug-likeness (QED) is 0.0335. The summed E-state index contributed by atoms with van der Waals surface area (Å²) in [5.74, 6) is -2.97. The van der Waals surface area contributed by atoms with Gasteiger partial charge < -0.3 is 65.4 Å². The molecule has 296 valence electrons. The first-order chi connectivity index (χ1) is 24.7. The number of hydrogen-bond donors (Lipinski definition) is 7. The molecule has 19 nitrogen and oxygen atoms in total. The number of likely N-dealkylation sites (N-methyl/N-ethyl adjacent to an activating group) is 1. The van der Waals surface area contributed by atoms with Crippen molar-refractivity contribution in [3.8, 4) is 0 Å². The van der Waals surface area contributed by atoms with Gasteiger partial charge in [0.2, 0.25) is 29.5 Å². The number of ether oxygens (including phenoxy) is 6. The van der Waals surface area contributed by atoms with Crippen LogP contribution < -0.4 is 31.9 Å². The fraction of sp³-hybridized carbons (Fsp3) is 0.812. The van der Waals surface area contributed by atoms with E-state index in [1.807, 2.05) is 14.0 Å². The number of unbranched alkanes of at least 4 members (excludes halogenated alkanes) is 1. The molecule has 0 aromatic carbocycles. The molecule has 0 aliphatic heterocycles. The zero-order chi connectivity index (χ0) is 37.8. The summed E-state index contributed by atoms with van der Waals surface area (Å²) in [7, 11) is 1.83. The molecule has 5 amide bonds. The Morgan fingerprint density at radius 3 is 1.43 bits per heavy atom. The van der Waals surface area contributed by atoms with Gasteiger partial charge >= 0.3 is 5.97 Å². The van der Waals surface area contributed by atoms with E-state index in [9.17, 15) is 33.9 Å². The predicted octanol–water partition coefficient (Wildman–Crippen LogP) is -2.30. The van der Waals surface area contributed by atoms with E-state index in [1.54, 1.807) is 0 Å². The zero-order valence-corrected chi connectivity index (χ0v) is 30.2. The van der Waals surface area contributed by atoms with Crippen molar-refractivity contribution in [1.29, 1.82) is 0 Å². The molecule has 0 saturated heterocycles. The second kappa shape index (κ2) is 35.0. The summed E-state index contributed by atoms with van der Waals surface area (Å²) in [6.07, 6.45) is 2.42. The molecule has 0 bridgehead atoms. The Bertz CT molecular complexity index is 961. The van der Waals surface area contributed by atoms with Crippen LogP contribution >= 0.6 is 0 Å². The smallest absolute Gasteiger partial charge is 0.326 e. The van der Waals surface area contributed by atoms with Crippen molar-refractivity contribution in [2.45, 2.75) is 51.5 Å². The highest BCUT2D eigenvalue weighted by molar-refractivity contribution is 5.85. The minimum Gasteiger partial charge on any atom is -0.480 e. The number of nitrogens with one attached hydrogen (secondary N) is 6. The van der Waals surface area contributed by atoms with E-state index in [1.165, 1.54) is 0 Å². The molecule has 7 N–H and O–H groups in total. The second-order valence-electron chi connectivity index (χ2n) is 11.0. The maximum atomic E-state index is 12.1. The van der Waals surface area contributed by atoms with Crippen molar-refractivity contribution >= 4 is 35.5 Å². The standard InChI is InChI=1S/C32H60N6O13/c1-3-4-9-34-27(39)6-5-10-35-28(40)8-7-26(32(44)45)38-31(43)25-51-22-19-48-16-13-37-30(42)24-50-21-18-47-15-12-36-29(41)23-49-20-17-46-14-11-33-2/h26,33H,3-25H2,1-2H3,(H,34,39)(H,35,40)(H,36,41)(H,37,42)(H,38,43)(H,44,45)/t26-/m0/s1. The van der Waals surface area contributed by atoms with E-state index in [0.717, 1.165) is 19.4 Å². The number of carboxylic acid groups (broad SMARTS) is 1. The van der Waals surface area contributed by atoms with Crippen LogP contribution in [-0.2, 0) is 57.2 Å². The van der Waals surface area contributed by atoms with E-state index in [4.69, 9.17) is 28.4 Å². The molecule has 0 aliphatic carbocycles. The van der Waals surface area contributed by atoms with E-state index in [-0.39, 0.29) is 109 Å². The van der Waals surface area contributed by atoms with Crippen molar-refractivity contribution < 1.29 is 62.3 Å². The molecule has 0 saturated carbocycles. The minimum atomic E-state index is -1.28. The lowest BCUT2D eigenvalue weighted by molar-refractivity contribution is -0.143. The van der Waals surface area contributed by atoms with Gasteiger partial charge in [-0.15, -0.1) is 0 Å². The Kier molecular flexibility index (Phi) is 32.6. The number of carbonyl (C=O) groups excluding carboxylic acids is 5. The third-order valence-corrected chi connectivity index (χ3v) is 6.50. The van der Waals surface area contributed by atoms with Gasteiger partial charge in [-0.05, 0) is 26.3 Å². The van der Waals surface area contributed by atoms with Gasteiger partial charge in [-0.3, -0.25) is 24.0 Å². The summed E-state index contributed by atoms with van der Waals surface area (Å²) in [5, 5.41) is 25.4. The lowest BCUT2D eigenvalue weighted by atomic mass is 10.1. The van der Waals surface area contributed by atoms with Crippen LogP contribution in [0, 0.1) is 0 Å². The highest BCUT2D eigenvalue weighted by Crippen LogP contribution is 1.99. The number of amides is 5. The van der Waals surface area contributed by atoms with Crippen LogP contribution in [0.3, 0.4) is 0 Å². The molecule has 0 aromatic heterocycles. The number of carbonyl (C=O) groups is 6. The zero-order valence-electron chi connectivity index (χ0n) is 30.2. The van der Waals surface area contributed by atoms with Crippen LogP contribution in [0.15, 0.2) is 0 Å². The molecule has 19 heteroatoms. The van der Waals surface area contributed by atoms with Gasteiger partial charge in [0.25, 0.3) is 0 Å². The Morgan fingerprint density at radius 2 is 0.941 bits per heavy atom. The first kappa shape index (κ1) is 47.5. The molecule has 0 aromatic rings. The van der Waals surface area contributed by atoms with Crippen molar-refractivity contribution in [1.82, 2.24) is 31.9 Å². The fourth-order valence-electron chi connectivity index (χ4n) is 3.78. The monoisotopic (exact) mass is 736 g/mol. The van der Waals surface area contributed by atoms with Crippen molar-refractivity contribution in [2.24, 2.45) is 0 Å². The van der Waals surface area contributed by atoms with E-state index in [0.29, 0.717) is 39.3 Å². The van der Waals surface area contributed by atoms with Crippen molar-refractivity contribution in [3.63, 3.8) is 0 Å². The van der Waals surface area contributed by atoms with Gasteiger partial charge in [-0.1, -0.05) is 13.3 Å². The average Bonchev–Trinajstić information content (AvgIpc) is 3.10. The van der Waals surface area contributed by atoms with Gasteiger partial charge in [0.05, 0.1) is 59.5 Å². The van der Waals surface area contributed by atoms with E-state index in [2.05, 4.69) is 31.9 Å². The number of hydrogen-bond acceptors (Lipinski definition) is 13. The van der Waals surface area contributed by atoms with Gasteiger partial charge in [0, 0.05) is 45.6 Å². The maximum Gasteiger partial charge on any atom is 0.326 e. The summed E-state index contributed by atoms with van der Waals surface area (Å²) in [6.45, 7) is 6.09. The molecular weight excluding hydrogens is 676 g/mol. The third kappa shape index (κ3) is 33.4. The molecule has 0 rings (SSSR count). The summed E-state index contributed by atoms with van der Waals surface area (Å²) < 4.78 is 31.6. The van der Waals surface area contributed by atoms with Crippen LogP contribution in [0.25, 0.3) is 0 Å². The number of aliphatic carboxylic acids is 1. The Labute approximate surface area is 300 Å². The van der Waals surface area contributed by atoms with Gasteiger partial charge in [0.15, 0.2) is 0 Å². The minimum absolute atomic E-state index is 0.0572. The SMILES string of the molecule is CCCCNC(=O)CCCNC(=O)CC[C@H](NC(=O)COCCOCCNC(=O)COCCOCCNC(=O)COCCOCCNC)C(=O)O. The molecular formula is C32H60N6O13. The molecule has 0 spiro atoms. The lowest BCUT2D eigenvalue weighted by Crippen LogP contribution is -2.43. The van der Waals surface area contributed by atoms with E-state index < -0.39 is 24.5 Å². The van der Waals surface area contributed by atoms with Gasteiger partial charge in [-0.2, -0.15) is 0 Å². The normalized spacial score (nSPS) is 11.4. The largest absolute Gasteiger partial charge is 0.480 e. The summed E-state index contributed by atoms with van der Waals surface area (Å²) in [4.78, 5) is 70.8. The molecule has 0 heterocycles. The highest BCUT2D eigenvalue weighted by atomic mass is 16.5. The van der Waals surface area contributed by atoms with Crippen LogP contribution in [0.2, 0.25) is 0 Å².